The second-order valence-electron chi connectivity index (χ2n) is 2.80. The Morgan fingerprint density at radius 1 is 1.25 bits per heavy atom. The van der Waals surface area contributed by atoms with Gasteiger partial charge in [-0.25, -0.2) is 0 Å². The highest BCUT2D eigenvalue weighted by Crippen LogP contribution is 2.38. The molecule has 0 fully saturated rings. The van der Waals surface area contributed by atoms with Crippen molar-refractivity contribution in [2.24, 2.45) is 5.73 Å². The third kappa shape index (κ3) is 3.33. The SMILES string of the molecule is NC(=S)Nc1c(Br)cc(C(F)(F)F)cc1Br. The van der Waals surface area contributed by atoms with Gasteiger partial charge in [-0.2, -0.15) is 13.2 Å². The Labute approximate surface area is 112 Å². The third-order valence-electron chi connectivity index (χ3n) is 1.62. The van der Waals surface area contributed by atoms with Crippen molar-refractivity contribution in [3.8, 4) is 0 Å². The van der Waals surface area contributed by atoms with Crippen LogP contribution in [0.5, 0.6) is 0 Å². The molecule has 1 aromatic rings. The summed E-state index contributed by atoms with van der Waals surface area (Å²) in [6.45, 7) is 0. The van der Waals surface area contributed by atoms with E-state index >= 15 is 0 Å². The average molecular weight is 378 g/mol. The van der Waals surface area contributed by atoms with E-state index in [0.29, 0.717) is 5.69 Å². The van der Waals surface area contributed by atoms with Gasteiger partial charge >= 0.3 is 6.18 Å². The van der Waals surface area contributed by atoms with Gasteiger partial charge in [-0.3, -0.25) is 0 Å². The predicted molar refractivity (Wildman–Crippen MR) is 67.3 cm³/mol. The minimum atomic E-state index is -4.40. The van der Waals surface area contributed by atoms with Gasteiger partial charge < -0.3 is 11.1 Å². The molecule has 16 heavy (non-hydrogen) atoms. The minimum absolute atomic E-state index is 0.0267. The van der Waals surface area contributed by atoms with Crippen molar-refractivity contribution in [3.63, 3.8) is 0 Å². The van der Waals surface area contributed by atoms with E-state index < -0.39 is 11.7 Å². The topological polar surface area (TPSA) is 38.0 Å². The summed E-state index contributed by atoms with van der Waals surface area (Å²) in [4.78, 5) is 0. The van der Waals surface area contributed by atoms with E-state index in [1.165, 1.54) is 0 Å². The maximum atomic E-state index is 12.4. The van der Waals surface area contributed by atoms with E-state index in [1.807, 2.05) is 0 Å². The zero-order valence-corrected chi connectivity index (χ0v) is 11.5. The lowest BCUT2D eigenvalue weighted by Crippen LogP contribution is -2.19. The van der Waals surface area contributed by atoms with Gasteiger partial charge in [0, 0.05) is 8.95 Å². The van der Waals surface area contributed by atoms with Crippen LogP contribution in [0, 0.1) is 0 Å². The highest BCUT2D eigenvalue weighted by atomic mass is 79.9. The molecule has 0 amide bonds. The largest absolute Gasteiger partial charge is 0.416 e. The Hall–Kier alpha value is -0.340. The summed E-state index contributed by atoms with van der Waals surface area (Å²) in [5.74, 6) is 0. The summed E-state index contributed by atoms with van der Waals surface area (Å²) >= 11 is 10.6. The molecule has 2 nitrogen and oxygen atoms in total. The maximum absolute atomic E-state index is 12.4. The van der Waals surface area contributed by atoms with Crippen molar-refractivity contribution in [3.05, 3.63) is 26.6 Å². The van der Waals surface area contributed by atoms with Crippen molar-refractivity contribution >= 4 is 54.9 Å². The van der Waals surface area contributed by atoms with Gasteiger partial charge in [0.15, 0.2) is 5.11 Å². The van der Waals surface area contributed by atoms with E-state index in [4.69, 9.17) is 5.73 Å². The van der Waals surface area contributed by atoms with Gasteiger partial charge in [0.2, 0.25) is 0 Å². The number of anilines is 1. The van der Waals surface area contributed by atoms with Crippen molar-refractivity contribution in [2.45, 2.75) is 6.18 Å². The molecule has 0 heterocycles. The standard InChI is InChI=1S/C8H5Br2F3N2S/c9-4-1-3(8(11,12)13)2-5(10)6(4)15-7(14)16/h1-2H,(H3,14,15,16). The zero-order valence-electron chi connectivity index (χ0n) is 7.53. The number of hydrogen-bond acceptors (Lipinski definition) is 1. The van der Waals surface area contributed by atoms with Gasteiger partial charge in [-0.05, 0) is 56.2 Å². The molecule has 88 valence electrons. The van der Waals surface area contributed by atoms with Gasteiger partial charge in [0.05, 0.1) is 11.3 Å². The fraction of sp³-hybridized carbons (Fsp3) is 0.125. The molecule has 0 aromatic heterocycles. The van der Waals surface area contributed by atoms with Crippen LogP contribution < -0.4 is 11.1 Å². The smallest absolute Gasteiger partial charge is 0.376 e. The number of halogens is 5. The lowest BCUT2D eigenvalue weighted by Gasteiger charge is -2.13. The molecule has 1 aromatic carbocycles. The van der Waals surface area contributed by atoms with Crippen LogP contribution in [0.3, 0.4) is 0 Å². The maximum Gasteiger partial charge on any atom is 0.416 e. The molecule has 0 aliphatic rings. The van der Waals surface area contributed by atoms with Gasteiger partial charge in [0.25, 0.3) is 0 Å². The molecule has 0 saturated carbocycles. The molecule has 0 saturated heterocycles. The fourth-order valence-corrected chi connectivity index (χ4v) is 2.47. The number of nitrogens with two attached hydrogens (primary N) is 1. The molecule has 1 rings (SSSR count). The predicted octanol–water partition coefficient (Wildman–Crippen LogP) is 3.89. The summed E-state index contributed by atoms with van der Waals surface area (Å²) in [5, 5.41) is 2.54. The van der Waals surface area contributed by atoms with Crippen LogP contribution in [0.4, 0.5) is 18.9 Å². The normalized spacial score (nSPS) is 11.3. The Morgan fingerprint density at radius 2 is 1.69 bits per heavy atom. The van der Waals surface area contributed by atoms with Crippen LogP contribution in [-0.4, -0.2) is 5.11 Å². The van der Waals surface area contributed by atoms with E-state index in [9.17, 15) is 13.2 Å². The van der Waals surface area contributed by atoms with Crippen molar-refractivity contribution in [1.29, 1.82) is 0 Å². The number of alkyl halides is 3. The number of rotatable bonds is 1. The average Bonchev–Trinajstić information content (AvgIpc) is 2.09. The number of nitrogens with one attached hydrogen (secondary N) is 1. The third-order valence-corrected chi connectivity index (χ3v) is 2.97. The van der Waals surface area contributed by atoms with E-state index in [0.717, 1.165) is 12.1 Å². The van der Waals surface area contributed by atoms with Crippen LogP contribution in [0.15, 0.2) is 21.1 Å². The molecule has 8 heteroatoms. The minimum Gasteiger partial charge on any atom is -0.376 e. The quantitative estimate of drug-likeness (QED) is 0.729. The summed E-state index contributed by atoms with van der Waals surface area (Å²) in [5.41, 5.74) is 4.84. The molecule has 0 aliphatic carbocycles. The Kier molecular flexibility index (Phi) is 4.19. The molecule has 0 radical (unpaired) electrons. The first-order chi connectivity index (χ1) is 7.21. The number of benzene rings is 1. The number of thiocarbonyl (C=S) groups is 1. The zero-order chi connectivity index (χ0) is 12.5. The molecular formula is C8H5Br2F3N2S. The molecular weight excluding hydrogens is 373 g/mol. The van der Waals surface area contributed by atoms with Crippen molar-refractivity contribution in [2.75, 3.05) is 5.32 Å². The Balaban J connectivity index is 3.23. The first kappa shape index (κ1) is 13.7. The second kappa shape index (κ2) is 4.89. The molecule has 3 N–H and O–H groups in total. The summed E-state index contributed by atoms with van der Waals surface area (Å²) in [6, 6.07) is 1.90. The highest BCUT2D eigenvalue weighted by molar-refractivity contribution is 9.11. The van der Waals surface area contributed by atoms with Crippen molar-refractivity contribution in [1.82, 2.24) is 0 Å². The van der Waals surface area contributed by atoms with E-state index in [1.54, 1.807) is 0 Å². The molecule has 0 bridgehead atoms. The Morgan fingerprint density at radius 3 is 2.00 bits per heavy atom. The Bertz CT molecular complexity index is 411. The number of hydrogen-bond donors (Lipinski definition) is 2. The molecule has 0 unspecified atom stereocenters. The van der Waals surface area contributed by atoms with Gasteiger partial charge in [-0.15, -0.1) is 0 Å². The lowest BCUT2D eigenvalue weighted by atomic mass is 10.2. The molecule has 0 spiro atoms. The summed E-state index contributed by atoms with van der Waals surface area (Å²) in [7, 11) is 0. The first-order valence-electron chi connectivity index (χ1n) is 3.84. The van der Waals surface area contributed by atoms with Gasteiger partial charge in [-0.1, -0.05) is 0 Å². The van der Waals surface area contributed by atoms with E-state index in [2.05, 4.69) is 49.4 Å². The van der Waals surface area contributed by atoms with Crippen molar-refractivity contribution < 1.29 is 13.2 Å². The highest BCUT2D eigenvalue weighted by Gasteiger charge is 2.31. The van der Waals surface area contributed by atoms with Crippen LogP contribution >= 0.6 is 44.1 Å². The fourth-order valence-electron chi connectivity index (χ4n) is 0.979. The summed E-state index contributed by atoms with van der Waals surface area (Å²) in [6.07, 6.45) is -4.40. The van der Waals surface area contributed by atoms with Crippen LogP contribution in [0.25, 0.3) is 0 Å². The first-order valence-corrected chi connectivity index (χ1v) is 5.84. The monoisotopic (exact) mass is 376 g/mol. The second-order valence-corrected chi connectivity index (χ2v) is 4.95. The lowest BCUT2D eigenvalue weighted by molar-refractivity contribution is -0.137. The van der Waals surface area contributed by atoms with Crippen LogP contribution in [0.2, 0.25) is 0 Å². The molecule has 0 aliphatic heterocycles. The summed E-state index contributed by atoms with van der Waals surface area (Å²) < 4.78 is 37.7. The van der Waals surface area contributed by atoms with Crippen LogP contribution in [0.1, 0.15) is 5.56 Å². The van der Waals surface area contributed by atoms with Crippen LogP contribution in [-0.2, 0) is 6.18 Å². The molecule has 0 atom stereocenters. The van der Waals surface area contributed by atoms with E-state index in [-0.39, 0.29) is 14.1 Å². The van der Waals surface area contributed by atoms with Gasteiger partial charge in [0.1, 0.15) is 0 Å².